The molecule has 1 saturated carbocycles. The average molecular weight is 367 g/mol. The molecule has 3 unspecified atom stereocenters. The van der Waals surface area contributed by atoms with E-state index in [1.165, 1.54) is 56.1 Å². The Morgan fingerprint density at radius 2 is 1.78 bits per heavy atom. The van der Waals surface area contributed by atoms with Crippen molar-refractivity contribution < 1.29 is 9.31 Å². The standard InChI is InChI=1S/C23H34BNO2/c1-15-12-16(24-26-21(2,3)22(4,5)27-24)13-19-17(15)14-20-18-8-6-7-9-23(18,19)10-11-25-20/h12-13,18,20,25H,6-11,14H2,1-5H3. The topological polar surface area (TPSA) is 30.5 Å². The zero-order valence-electron chi connectivity index (χ0n) is 17.7. The molecule has 2 aliphatic heterocycles. The molecule has 2 heterocycles. The van der Waals surface area contributed by atoms with E-state index in [0.29, 0.717) is 11.5 Å². The second kappa shape index (κ2) is 5.84. The van der Waals surface area contributed by atoms with Crippen molar-refractivity contribution in [1.29, 1.82) is 0 Å². The lowest BCUT2D eigenvalue weighted by molar-refractivity contribution is 0.00578. The second-order valence-corrected chi connectivity index (χ2v) is 10.5. The summed E-state index contributed by atoms with van der Waals surface area (Å²) in [5.74, 6) is 0.806. The molecule has 146 valence electrons. The summed E-state index contributed by atoms with van der Waals surface area (Å²) in [7, 11) is -0.253. The van der Waals surface area contributed by atoms with Gasteiger partial charge in [-0.25, -0.2) is 0 Å². The Hall–Kier alpha value is -0.835. The first-order chi connectivity index (χ1) is 12.7. The van der Waals surface area contributed by atoms with Crippen LogP contribution in [0.1, 0.15) is 76.5 Å². The molecule has 2 bridgehead atoms. The van der Waals surface area contributed by atoms with E-state index in [4.69, 9.17) is 9.31 Å². The van der Waals surface area contributed by atoms with Crippen LogP contribution < -0.4 is 10.8 Å². The highest BCUT2D eigenvalue weighted by molar-refractivity contribution is 6.62. The highest BCUT2D eigenvalue weighted by Crippen LogP contribution is 2.54. The van der Waals surface area contributed by atoms with E-state index < -0.39 is 0 Å². The van der Waals surface area contributed by atoms with Crippen molar-refractivity contribution in [2.24, 2.45) is 5.92 Å². The summed E-state index contributed by atoms with van der Waals surface area (Å²) < 4.78 is 12.8. The van der Waals surface area contributed by atoms with Gasteiger partial charge in [-0.15, -0.1) is 0 Å². The molecule has 3 atom stereocenters. The molecule has 3 fully saturated rings. The van der Waals surface area contributed by atoms with Crippen molar-refractivity contribution in [2.75, 3.05) is 6.54 Å². The van der Waals surface area contributed by atoms with E-state index in [0.717, 1.165) is 5.92 Å². The van der Waals surface area contributed by atoms with Crippen molar-refractivity contribution in [3.05, 3.63) is 28.8 Å². The summed E-state index contributed by atoms with van der Waals surface area (Å²) in [4.78, 5) is 0. The number of benzene rings is 1. The van der Waals surface area contributed by atoms with E-state index >= 15 is 0 Å². The molecule has 27 heavy (non-hydrogen) atoms. The van der Waals surface area contributed by atoms with Gasteiger partial charge < -0.3 is 14.6 Å². The SMILES string of the molecule is Cc1cc(B2OC(C)(C)C(C)(C)O2)cc2c1CC1NCCC23CCCCC13. The molecule has 1 aromatic rings. The predicted molar refractivity (Wildman–Crippen MR) is 111 cm³/mol. The molecule has 0 aromatic heterocycles. The Labute approximate surface area is 164 Å². The van der Waals surface area contributed by atoms with Crippen LogP contribution in [-0.4, -0.2) is 30.9 Å². The normalized spacial score (nSPS) is 36.3. The number of aryl methyl sites for hydroxylation is 1. The predicted octanol–water partition coefficient (Wildman–Crippen LogP) is 3.64. The fourth-order valence-electron chi connectivity index (χ4n) is 6.36. The largest absolute Gasteiger partial charge is 0.494 e. The van der Waals surface area contributed by atoms with Crippen LogP contribution in [0, 0.1) is 12.8 Å². The zero-order chi connectivity index (χ0) is 19.0. The summed E-state index contributed by atoms with van der Waals surface area (Å²) in [5, 5.41) is 3.85. The minimum Gasteiger partial charge on any atom is -0.399 e. The van der Waals surface area contributed by atoms with Crippen LogP contribution in [0.2, 0.25) is 0 Å². The van der Waals surface area contributed by atoms with E-state index in [2.05, 4.69) is 52.1 Å². The van der Waals surface area contributed by atoms with E-state index in [9.17, 15) is 0 Å². The Kier molecular flexibility index (Phi) is 3.94. The number of hydrogen-bond donors (Lipinski definition) is 1. The fourth-order valence-corrected chi connectivity index (χ4v) is 6.36. The summed E-state index contributed by atoms with van der Waals surface area (Å²) in [5.41, 5.74) is 5.70. The lowest BCUT2D eigenvalue weighted by atomic mass is 9.52. The minimum atomic E-state index is -0.285. The van der Waals surface area contributed by atoms with Gasteiger partial charge in [0.1, 0.15) is 0 Å². The smallest absolute Gasteiger partial charge is 0.399 e. The Bertz CT molecular complexity index is 754. The summed E-state index contributed by atoms with van der Waals surface area (Å²) in [6.45, 7) is 12.0. The van der Waals surface area contributed by atoms with Gasteiger partial charge in [0.05, 0.1) is 11.2 Å². The van der Waals surface area contributed by atoms with Crippen LogP contribution in [0.25, 0.3) is 0 Å². The van der Waals surface area contributed by atoms with Crippen LogP contribution >= 0.6 is 0 Å². The third-order valence-electron chi connectivity index (χ3n) is 8.54. The molecule has 0 spiro atoms. The molecule has 1 aromatic carbocycles. The van der Waals surface area contributed by atoms with Gasteiger partial charge in [0.25, 0.3) is 0 Å². The highest BCUT2D eigenvalue weighted by atomic mass is 16.7. The molecule has 4 heteroatoms. The number of fused-ring (bicyclic) bond motifs is 1. The second-order valence-electron chi connectivity index (χ2n) is 10.5. The fraction of sp³-hybridized carbons (Fsp3) is 0.739. The summed E-state index contributed by atoms with van der Waals surface area (Å²) >= 11 is 0. The maximum absolute atomic E-state index is 6.40. The Balaban J connectivity index is 1.60. The molecular formula is C23H34BNO2. The number of piperidine rings is 1. The van der Waals surface area contributed by atoms with Crippen molar-refractivity contribution in [2.45, 2.75) is 95.8 Å². The third-order valence-corrected chi connectivity index (χ3v) is 8.54. The molecule has 5 rings (SSSR count). The summed E-state index contributed by atoms with van der Waals surface area (Å²) in [6, 6.07) is 5.48. The molecule has 2 saturated heterocycles. The molecular weight excluding hydrogens is 333 g/mol. The van der Waals surface area contributed by atoms with Crippen LogP contribution in [0.5, 0.6) is 0 Å². The molecule has 0 amide bonds. The first-order valence-electron chi connectivity index (χ1n) is 11.0. The van der Waals surface area contributed by atoms with Gasteiger partial charge in [0, 0.05) is 11.5 Å². The molecule has 4 aliphatic rings. The molecule has 0 radical (unpaired) electrons. The number of nitrogens with one attached hydrogen (secondary N) is 1. The number of hydrogen-bond acceptors (Lipinski definition) is 3. The van der Waals surface area contributed by atoms with Gasteiger partial charge in [0.2, 0.25) is 0 Å². The lowest BCUT2D eigenvalue weighted by Crippen LogP contribution is -2.60. The van der Waals surface area contributed by atoms with Crippen LogP contribution in [0.3, 0.4) is 0 Å². The molecule has 3 nitrogen and oxygen atoms in total. The molecule has 2 aliphatic carbocycles. The van der Waals surface area contributed by atoms with Gasteiger partial charge in [-0.1, -0.05) is 25.0 Å². The monoisotopic (exact) mass is 367 g/mol. The molecule has 1 N–H and O–H groups in total. The highest BCUT2D eigenvalue weighted by Gasteiger charge is 2.54. The Morgan fingerprint density at radius 1 is 1.04 bits per heavy atom. The van der Waals surface area contributed by atoms with Gasteiger partial charge >= 0.3 is 7.12 Å². The number of rotatable bonds is 1. The first kappa shape index (κ1) is 18.2. The van der Waals surface area contributed by atoms with Gasteiger partial charge in [-0.2, -0.15) is 0 Å². The van der Waals surface area contributed by atoms with Crippen LogP contribution in [-0.2, 0) is 21.1 Å². The van der Waals surface area contributed by atoms with Crippen LogP contribution in [0.15, 0.2) is 12.1 Å². The van der Waals surface area contributed by atoms with E-state index in [1.54, 1.807) is 11.1 Å². The first-order valence-corrected chi connectivity index (χ1v) is 11.0. The van der Waals surface area contributed by atoms with Gasteiger partial charge in [-0.05, 0) is 94.9 Å². The lowest BCUT2D eigenvalue weighted by Gasteiger charge is -2.56. The minimum absolute atomic E-state index is 0.253. The van der Waals surface area contributed by atoms with Crippen molar-refractivity contribution in [3.8, 4) is 0 Å². The van der Waals surface area contributed by atoms with E-state index in [1.807, 2.05) is 0 Å². The van der Waals surface area contributed by atoms with E-state index in [-0.39, 0.29) is 18.3 Å². The zero-order valence-corrected chi connectivity index (χ0v) is 17.7. The van der Waals surface area contributed by atoms with Crippen molar-refractivity contribution in [1.82, 2.24) is 5.32 Å². The van der Waals surface area contributed by atoms with Crippen LogP contribution in [0.4, 0.5) is 0 Å². The van der Waals surface area contributed by atoms with Crippen molar-refractivity contribution >= 4 is 12.6 Å². The average Bonchev–Trinajstić information content (AvgIpc) is 2.83. The quantitative estimate of drug-likeness (QED) is 0.769. The third kappa shape index (κ3) is 2.52. The summed E-state index contributed by atoms with van der Waals surface area (Å²) in [6.07, 6.45) is 7.99. The maximum atomic E-state index is 6.40. The Morgan fingerprint density at radius 3 is 2.52 bits per heavy atom. The van der Waals surface area contributed by atoms with Gasteiger partial charge in [0.15, 0.2) is 0 Å². The maximum Gasteiger partial charge on any atom is 0.494 e. The van der Waals surface area contributed by atoms with Gasteiger partial charge in [-0.3, -0.25) is 0 Å². The van der Waals surface area contributed by atoms with Crippen molar-refractivity contribution in [3.63, 3.8) is 0 Å².